The fourth-order valence-corrected chi connectivity index (χ4v) is 7.85. The van der Waals surface area contributed by atoms with Crippen LogP contribution in [0.25, 0.3) is 10.9 Å². The zero-order valence-corrected chi connectivity index (χ0v) is 27.9. The molecule has 5 heterocycles. The molecule has 4 aliphatic heterocycles. The summed E-state index contributed by atoms with van der Waals surface area (Å²) in [5.74, 6) is -0.409. The number of halogens is 3. The summed E-state index contributed by atoms with van der Waals surface area (Å²) in [5.41, 5.74) is 1.07. The van der Waals surface area contributed by atoms with E-state index in [1.165, 1.54) is 11.1 Å². The van der Waals surface area contributed by atoms with Crippen LogP contribution in [0.3, 0.4) is 0 Å². The van der Waals surface area contributed by atoms with Crippen molar-refractivity contribution >= 4 is 34.6 Å². The lowest BCUT2D eigenvalue weighted by atomic mass is 9.99. The normalized spacial score (nSPS) is 20.7. The van der Waals surface area contributed by atoms with Crippen molar-refractivity contribution in [2.75, 3.05) is 64.2 Å². The van der Waals surface area contributed by atoms with Crippen LogP contribution in [0.4, 0.5) is 28.4 Å². The predicted molar refractivity (Wildman–Crippen MR) is 180 cm³/mol. The SMILES string of the molecule is O=C(O[C@H](Cc1cc(C(F)(F)F)c2[nH]ncc2c1)C(=O)N1CCC(N2CCNCC2)CC1)N1CCC(N2CCc3ccccc3NC2=O)CC1. The number of carbonyl (C=O) groups is 3. The van der Waals surface area contributed by atoms with Gasteiger partial charge in [-0.15, -0.1) is 0 Å². The topological polar surface area (TPSA) is 126 Å². The number of amides is 4. The van der Waals surface area contributed by atoms with Gasteiger partial charge in [-0.1, -0.05) is 18.2 Å². The van der Waals surface area contributed by atoms with Crippen molar-refractivity contribution in [3.63, 3.8) is 0 Å². The van der Waals surface area contributed by atoms with E-state index in [9.17, 15) is 27.6 Å². The molecule has 0 unspecified atom stereocenters. The molecule has 3 fully saturated rings. The van der Waals surface area contributed by atoms with Gasteiger partial charge < -0.3 is 30.1 Å². The third-order valence-electron chi connectivity index (χ3n) is 10.6. The first-order valence-electron chi connectivity index (χ1n) is 17.5. The summed E-state index contributed by atoms with van der Waals surface area (Å²) in [4.78, 5) is 48.2. The molecule has 12 nitrogen and oxygen atoms in total. The molecule has 0 radical (unpaired) electrons. The van der Waals surface area contributed by atoms with Gasteiger partial charge >= 0.3 is 18.3 Å². The lowest BCUT2D eigenvalue weighted by molar-refractivity contribution is -0.142. The zero-order chi connectivity index (χ0) is 34.8. The highest BCUT2D eigenvalue weighted by molar-refractivity contribution is 5.91. The van der Waals surface area contributed by atoms with Crippen LogP contribution >= 0.6 is 0 Å². The number of likely N-dealkylation sites (tertiary alicyclic amines) is 2. The second-order valence-corrected chi connectivity index (χ2v) is 13.6. The minimum absolute atomic E-state index is 0.0785. The molecule has 4 amide bonds. The predicted octanol–water partition coefficient (Wildman–Crippen LogP) is 4.08. The number of nitrogens with one attached hydrogen (secondary N) is 3. The molecule has 50 heavy (non-hydrogen) atoms. The Morgan fingerprint density at radius 1 is 0.920 bits per heavy atom. The van der Waals surface area contributed by atoms with Crippen molar-refractivity contribution in [2.45, 2.75) is 62.9 Å². The molecule has 268 valence electrons. The average molecular weight is 697 g/mol. The lowest BCUT2D eigenvalue weighted by Gasteiger charge is -2.41. The third-order valence-corrected chi connectivity index (χ3v) is 10.6. The molecule has 2 aromatic carbocycles. The molecule has 7 rings (SSSR count). The molecule has 1 atom stereocenters. The second kappa shape index (κ2) is 14.5. The number of aromatic amines is 1. The molecule has 0 spiro atoms. The van der Waals surface area contributed by atoms with Crippen LogP contribution in [-0.2, 0) is 28.5 Å². The first-order chi connectivity index (χ1) is 24.1. The standard InChI is InChI=1S/C35H43F3N8O4/c36-35(37,38)28-20-23(19-25-22-40-42-31(25)28)21-30(32(47)44-12-6-26(7-13-44)43-17-10-39-11-18-43)50-34(49)45-14-8-27(9-15-45)46-16-5-24-3-1-2-4-29(24)41-33(46)48/h1-4,19-20,22,26-27,30,39H,5-18,21H2,(H,40,42)(H,41,48)/t30-/m1/s1. The molecule has 3 saturated heterocycles. The number of benzene rings is 2. The molecule has 0 saturated carbocycles. The number of piperazine rings is 1. The Bertz CT molecular complexity index is 1690. The van der Waals surface area contributed by atoms with Crippen LogP contribution in [0.5, 0.6) is 0 Å². The highest BCUT2D eigenvalue weighted by atomic mass is 19.4. The number of ether oxygens (including phenoxy) is 1. The molecule has 4 aliphatic rings. The van der Waals surface area contributed by atoms with E-state index in [0.717, 1.165) is 56.3 Å². The van der Waals surface area contributed by atoms with Crippen LogP contribution in [0.2, 0.25) is 0 Å². The summed E-state index contributed by atoms with van der Waals surface area (Å²) in [6.07, 6.45) is -2.23. The maximum absolute atomic E-state index is 14.0. The smallest absolute Gasteiger partial charge is 0.418 e. The number of hydrogen-bond acceptors (Lipinski definition) is 7. The number of aromatic nitrogens is 2. The number of para-hydroxylation sites is 1. The Kier molecular flexibility index (Phi) is 9.87. The number of rotatable bonds is 6. The Morgan fingerprint density at radius 2 is 1.62 bits per heavy atom. The van der Waals surface area contributed by atoms with Gasteiger partial charge in [0.25, 0.3) is 5.91 Å². The van der Waals surface area contributed by atoms with Gasteiger partial charge in [0.05, 0.1) is 17.3 Å². The Balaban J connectivity index is 1.03. The van der Waals surface area contributed by atoms with Crippen molar-refractivity contribution < 1.29 is 32.3 Å². The van der Waals surface area contributed by atoms with Gasteiger partial charge in [0.2, 0.25) is 0 Å². The molecule has 0 bridgehead atoms. The van der Waals surface area contributed by atoms with E-state index >= 15 is 0 Å². The highest BCUT2D eigenvalue weighted by Crippen LogP contribution is 2.35. The molecule has 1 aromatic heterocycles. The molecule has 3 aromatic rings. The van der Waals surface area contributed by atoms with Gasteiger partial charge in [0.1, 0.15) is 0 Å². The van der Waals surface area contributed by atoms with Crippen molar-refractivity contribution in [2.24, 2.45) is 0 Å². The largest absolute Gasteiger partial charge is 0.436 e. The van der Waals surface area contributed by atoms with Gasteiger partial charge in [-0.05, 0) is 61.4 Å². The minimum Gasteiger partial charge on any atom is -0.436 e. The number of carbonyl (C=O) groups excluding carboxylic acids is 3. The first-order valence-corrected chi connectivity index (χ1v) is 17.5. The molecule has 0 aliphatic carbocycles. The van der Waals surface area contributed by atoms with Crippen LogP contribution in [0.1, 0.15) is 42.4 Å². The van der Waals surface area contributed by atoms with Crippen molar-refractivity contribution in [3.8, 4) is 0 Å². The third kappa shape index (κ3) is 7.38. The van der Waals surface area contributed by atoms with E-state index in [2.05, 4.69) is 25.7 Å². The number of alkyl halides is 3. The summed E-state index contributed by atoms with van der Waals surface area (Å²) >= 11 is 0. The van der Waals surface area contributed by atoms with Gasteiger partial charge in [-0.2, -0.15) is 18.3 Å². The van der Waals surface area contributed by atoms with E-state index in [0.29, 0.717) is 58.0 Å². The fraction of sp³-hybridized carbons (Fsp3) is 0.543. The highest BCUT2D eigenvalue weighted by Gasteiger charge is 2.38. The van der Waals surface area contributed by atoms with Crippen LogP contribution in [0.15, 0.2) is 42.6 Å². The number of hydrogen-bond donors (Lipinski definition) is 3. The quantitative estimate of drug-likeness (QED) is 0.355. The van der Waals surface area contributed by atoms with E-state index in [-0.39, 0.29) is 35.0 Å². The zero-order valence-electron chi connectivity index (χ0n) is 27.9. The van der Waals surface area contributed by atoms with Crippen molar-refractivity contribution in [3.05, 3.63) is 59.3 Å². The molecular formula is C35H43F3N8O4. The summed E-state index contributed by atoms with van der Waals surface area (Å²) in [6.45, 7) is 5.89. The van der Waals surface area contributed by atoms with Crippen molar-refractivity contribution in [1.29, 1.82) is 0 Å². The number of piperidine rings is 2. The molecule has 3 N–H and O–H groups in total. The number of nitrogens with zero attached hydrogens (tertiary/aromatic N) is 5. The van der Waals surface area contributed by atoms with E-state index in [1.807, 2.05) is 29.2 Å². The molecular weight excluding hydrogens is 653 g/mol. The monoisotopic (exact) mass is 696 g/mol. The van der Waals surface area contributed by atoms with E-state index < -0.39 is 29.8 Å². The number of anilines is 1. The van der Waals surface area contributed by atoms with Crippen molar-refractivity contribution in [1.82, 2.24) is 35.1 Å². The average Bonchev–Trinajstić information content (AvgIpc) is 3.53. The summed E-state index contributed by atoms with van der Waals surface area (Å²) in [5, 5.41) is 12.8. The van der Waals surface area contributed by atoms with Gasteiger partial charge in [-0.3, -0.25) is 14.8 Å². The maximum Gasteiger partial charge on any atom is 0.418 e. The number of H-pyrrole nitrogens is 1. The Morgan fingerprint density at radius 3 is 2.36 bits per heavy atom. The van der Waals surface area contributed by atoms with Gasteiger partial charge in [0.15, 0.2) is 6.10 Å². The number of urea groups is 1. The first kappa shape index (κ1) is 34.1. The van der Waals surface area contributed by atoms with Crippen LogP contribution < -0.4 is 10.6 Å². The van der Waals surface area contributed by atoms with Gasteiger partial charge in [-0.25, -0.2) is 9.59 Å². The summed E-state index contributed by atoms with van der Waals surface area (Å²) < 4.78 is 48.0. The Hall–Kier alpha value is -4.37. The maximum atomic E-state index is 14.0. The fourth-order valence-electron chi connectivity index (χ4n) is 7.85. The van der Waals surface area contributed by atoms with Crippen LogP contribution in [0, 0.1) is 0 Å². The summed E-state index contributed by atoms with van der Waals surface area (Å²) in [7, 11) is 0. The minimum atomic E-state index is -4.65. The Labute approximate surface area is 288 Å². The lowest BCUT2D eigenvalue weighted by Crippen LogP contribution is -2.54. The summed E-state index contributed by atoms with van der Waals surface area (Å²) in [6, 6.07) is 10.4. The van der Waals surface area contributed by atoms with E-state index in [1.54, 1.807) is 11.0 Å². The van der Waals surface area contributed by atoms with Gasteiger partial charge in [0, 0.05) is 88.5 Å². The van der Waals surface area contributed by atoms with Crippen LogP contribution in [-0.4, -0.2) is 125 Å². The number of fused-ring (bicyclic) bond motifs is 2. The molecule has 15 heteroatoms. The second-order valence-electron chi connectivity index (χ2n) is 13.6. The van der Waals surface area contributed by atoms with E-state index in [4.69, 9.17) is 4.74 Å².